The van der Waals surface area contributed by atoms with Crippen molar-refractivity contribution in [1.29, 1.82) is 0 Å². The van der Waals surface area contributed by atoms with Crippen LogP contribution in [0.15, 0.2) is 36.8 Å². The van der Waals surface area contributed by atoms with Gasteiger partial charge in [0.25, 0.3) is 0 Å². The number of aromatic nitrogens is 3. The topological polar surface area (TPSA) is 158 Å². The highest BCUT2D eigenvalue weighted by Crippen LogP contribution is 2.34. The Labute approximate surface area is 199 Å². The summed E-state index contributed by atoms with van der Waals surface area (Å²) >= 11 is 1.78. The number of nitrogens with two attached hydrogens (primary N) is 4. The molecule has 0 aliphatic heterocycles. The van der Waals surface area contributed by atoms with Gasteiger partial charge in [-0.05, 0) is 61.2 Å². The van der Waals surface area contributed by atoms with Crippen LogP contribution in [0.4, 0.5) is 17.5 Å². The maximum absolute atomic E-state index is 6.80. The lowest BCUT2D eigenvalue weighted by molar-refractivity contribution is 0.459. The number of pyridine rings is 3. The third kappa shape index (κ3) is 4.97. The number of hydrogen-bond donors (Lipinski definition) is 5. The van der Waals surface area contributed by atoms with Gasteiger partial charge in [0.2, 0.25) is 0 Å². The summed E-state index contributed by atoms with van der Waals surface area (Å²) in [7, 11) is 1.69. The zero-order valence-corrected chi connectivity index (χ0v) is 20.6. The quantitative estimate of drug-likeness (QED) is 0.246. The standard InChI is InChI=1S/C23H33N9S/c1-6-19(33-5)23(3,26)16-9-21(28-11-13(16)2)31-20-8-14-7-17(18(10-24)32(4)27)30-22(25)15(14)12-29-20/h7-12,19H,6,24,26-27H2,1-5H3,(H2,25,30)(H,28,29,31)/b18-10-/t19?,23-/m1/s1. The Hall–Kier alpha value is -3.08. The van der Waals surface area contributed by atoms with Crippen molar-refractivity contribution in [2.45, 2.75) is 38.0 Å². The van der Waals surface area contributed by atoms with Gasteiger partial charge in [-0.15, -0.1) is 0 Å². The molecule has 0 bridgehead atoms. The summed E-state index contributed by atoms with van der Waals surface area (Å²) in [6, 6.07) is 5.77. The number of hydrogen-bond acceptors (Lipinski definition) is 10. The molecule has 0 radical (unpaired) electrons. The fraction of sp³-hybridized carbons (Fsp3) is 0.348. The number of nitrogen functional groups attached to an aromatic ring is 1. The Morgan fingerprint density at radius 3 is 2.52 bits per heavy atom. The summed E-state index contributed by atoms with van der Waals surface area (Å²) < 4.78 is 0. The van der Waals surface area contributed by atoms with E-state index in [1.165, 1.54) is 11.2 Å². The molecule has 1 unspecified atom stereocenters. The molecule has 3 rings (SSSR count). The van der Waals surface area contributed by atoms with Gasteiger partial charge in [0.1, 0.15) is 17.5 Å². The summed E-state index contributed by atoms with van der Waals surface area (Å²) in [5.41, 5.74) is 21.4. The highest BCUT2D eigenvalue weighted by atomic mass is 32.2. The van der Waals surface area contributed by atoms with Crippen LogP contribution in [0.2, 0.25) is 0 Å². The Balaban J connectivity index is 2.00. The van der Waals surface area contributed by atoms with Crippen molar-refractivity contribution in [2.75, 3.05) is 24.4 Å². The van der Waals surface area contributed by atoms with Crippen molar-refractivity contribution in [3.63, 3.8) is 0 Å². The van der Waals surface area contributed by atoms with E-state index < -0.39 is 5.54 Å². The zero-order chi connectivity index (χ0) is 24.3. The number of anilines is 3. The Morgan fingerprint density at radius 1 is 1.24 bits per heavy atom. The predicted octanol–water partition coefficient (Wildman–Crippen LogP) is 3.04. The second-order valence-electron chi connectivity index (χ2n) is 8.27. The molecule has 0 spiro atoms. The number of hydrazine groups is 1. The minimum Gasteiger partial charge on any atom is -0.403 e. The molecular formula is C23H33N9S. The van der Waals surface area contributed by atoms with Crippen molar-refractivity contribution in [3.8, 4) is 0 Å². The predicted molar refractivity (Wildman–Crippen MR) is 139 cm³/mol. The fourth-order valence-corrected chi connectivity index (χ4v) is 5.02. The molecule has 0 aromatic carbocycles. The van der Waals surface area contributed by atoms with Crippen molar-refractivity contribution < 1.29 is 0 Å². The largest absolute Gasteiger partial charge is 0.403 e. The highest BCUT2D eigenvalue weighted by molar-refractivity contribution is 7.99. The summed E-state index contributed by atoms with van der Waals surface area (Å²) in [5, 5.41) is 6.56. The van der Waals surface area contributed by atoms with Gasteiger partial charge >= 0.3 is 0 Å². The van der Waals surface area contributed by atoms with Crippen molar-refractivity contribution in [3.05, 3.63) is 53.6 Å². The molecule has 3 aromatic rings. The number of nitrogens with zero attached hydrogens (tertiary/aromatic N) is 4. The van der Waals surface area contributed by atoms with E-state index >= 15 is 0 Å². The zero-order valence-electron chi connectivity index (χ0n) is 19.8. The molecule has 3 aromatic heterocycles. The second kappa shape index (κ2) is 9.82. The molecule has 10 heteroatoms. The van der Waals surface area contributed by atoms with Crippen LogP contribution in [-0.4, -0.2) is 38.5 Å². The normalized spacial score (nSPS) is 14.7. The fourth-order valence-electron chi connectivity index (χ4n) is 4.07. The molecule has 176 valence electrons. The molecule has 0 aliphatic rings. The first-order valence-electron chi connectivity index (χ1n) is 10.6. The minimum atomic E-state index is -0.497. The van der Waals surface area contributed by atoms with Crippen LogP contribution < -0.4 is 28.4 Å². The molecule has 3 heterocycles. The van der Waals surface area contributed by atoms with E-state index in [9.17, 15) is 0 Å². The maximum atomic E-state index is 6.80. The lowest BCUT2D eigenvalue weighted by Gasteiger charge is -2.34. The van der Waals surface area contributed by atoms with E-state index in [2.05, 4.69) is 40.4 Å². The summed E-state index contributed by atoms with van der Waals surface area (Å²) in [6.45, 7) is 6.27. The van der Waals surface area contributed by atoms with Crippen LogP contribution in [0.3, 0.4) is 0 Å². The van der Waals surface area contributed by atoms with Gasteiger partial charge in [0.15, 0.2) is 0 Å². The average Bonchev–Trinajstić information content (AvgIpc) is 2.75. The van der Waals surface area contributed by atoms with E-state index in [0.717, 1.165) is 28.3 Å². The molecule has 0 aliphatic carbocycles. The Kier molecular flexibility index (Phi) is 7.31. The summed E-state index contributed by atoms with van der Waals surface area (Å²) in [5.74, 6) is 7.50. The lowest BCUT2D eigenvalue weighted by atomic mass is 9.86. The first-order chi connectivity index (χ1) is 15.6. The van der Waals surface area contributed by atoms with Crippen LogP contribution in [0.1, 0.15) is 37.1 Å². The SMILES string of the molecule is CCC(SC)[C@](C)(N)c1cc(Nc2cc3cc(/C(=C/N)N(C)N)nc(N)c3cn2)ncc1C. The van der Waals surface area contributed by atoms with Crippen LogP contribution >= 0.6 is 11.8 Å². The van der Waals surface area contributed by atoms with E-state index in [4.69, 9.17) is 23.0 Å². The molecule has 0 amide bonds. The number of nitrogens with one attached hydrogen (secondary N) is 1. The highest BCUT2D eigenvalue weighted by Gasteiger charge is 2.32. The maximum Gasteiger partial charge on any atom is 0.133 e. The van der Waals surface area contributed by atoms with Crippen LogP contribution in [0, 0.1) is 6.92 Å². The lowest BCUT2D eigenvalue weighted by Crippen LogP contribution is -2.43. The van der Waals surface area contributed by atoms with E-state index in [-0.39, 0.29) is 5.25 Å². The molecule has 9 N–H and O–H groups in total. The van der Waals surface area contributed by atoms with Gasteiger partial charge < -0.3 is 27.5 Å². The van der Waals surface area contributed by atoms with Crippen molar-refractivity contribution in [2.24, 2.45) is 17.3 Å². The van der Waals surface area contributed by atoms with E-state index in [0.29, 0.717) is 28.8 Å². The Morgan fingerprint density at radius 2 is 1.91 bits per heavy atom. The number of rotatable bonds is 8. The van der Waals surface area contributed by atoms with Gasteiger partial charge in [-0.25, -0.2) is 20.8 Å². The summed E-state index contributed by atoms with van der Waals surface area (Å²) in [6.07, 6.45) is 7.99. The average molecular weight is 468 g/mol. The molecule has 9 nitrogen and oxygen atoms in total. The van der Waals surface area contributed by atoms with Crippen LogP contribution in [0.25, 0.3) is 16.5 Å². The molecule has 2 atom stereocenters. The summed E-state index contributed by atoms with van der Waals surface area (Å²) in [4.78, 5) is 13.4. The molecule has 0 saturated carbocycles. The van der Waals surface area contributed by atoms with Crippen LogP contribution in [0.5, 0.6) is 0 Å². The third-order valence-corrected chi connectivity index (χ3v) is 7.20. The number of thioether (sulfide) groups is 1. The van der Waals surface area contributed by atoms with E-state index in [1.807, 2.05) is 31.3 Å². The van der Waals surface area contributed by atoms with Gasteiger partial charge in [0, 0.05) is 36.3 Å². The molecular weight excluding hydrogens is 434 g/mol. The number of aryl methyl sites for hydroxylation is 1. The Bertz CT molecular complexity index is 1170. The van der Waals surface area contributed by atoms with Gasteiger partial charge in [-0.2, -0.15) is 11.8 Å². The second-order valence-corrected chi connectivity index (χ2v) is 9.31. The van der Waals surface area contributed by atoms with Crippen LogP contribution in [-0.2, 0) is 5.54 Å². The van der Waals surface area contributed by atoms with Crippen molar-refractivity contribution >= 4 is 45.7 Å². The number of fused-ring (bicyclic) bond motifs is 1. The smallest absolute Gasteiger partial charge is 0.133 e. The third-order valence-electron chi connectivity index (χ3n) is 5.81. The van der Waals surface area contributed by atoms with Crippen molar-refractivity contribution in [1.82, 2.24) is 20.0 Å². The van der Waals surface area contributed by atoms with Gasteiger partial charge in [-0.3, -0.25) is 0 Å². The van der Waals surface area contributed by atoms with E-state index in [1.54, 1.807) is 25.0 Å². The molecule has 0 saturated heterocycles. The van der Waals surface area contributed by atoms with Gasteiger partial charge in [-0.1, -0.05) is 6.92 Å². The first kappa shape index (κ1) is 24.6. The van der Waals surface area contributed by atoms with Gasteiger partial charge in [0.05, 0.1) is 16.9 Å². The molecule has 0 fully saturated rings. The monoisotopic (exact) mass is 467 g/mol. The minimum absolute atomic E-state index is 0.282. The first-order valence-corrected chi connectivity index (χ1v) is 11.9. The molecule has 33 heavy (non-hydrogen) atoms.